The average Bonchev–Trinajstić information content (AvgIpc) is 2.97. The predicted molar refractivity (Wildman–Crippen MR) is 83.5 cm³/mol. The van der Waals surface area contributed by atoms with Crippen molar-refractivity contribution in [3.8, 4) is 28.3 Å². The number of alkyl halides is 2. The number of aryl methyl sites for hydroxylation is 1. The zero-order valence-corrected chi connectivity index (χ0v) is 12.9. The van der Waals surface area contributed by atoms with Crippen molar-refractivity contribution in [1.29, 1.82) is 0 Å². The number of halogens is 2. The molecule has 3 aromatic rings. The quantitative estimate of drug-likeness (QED) is 0.751. The molecule has 128 valence electrons. The van der Waals surface area contributed by atoms with Gasteiger partial charge >= 0.3 is 12.6 Å². The molecule has 2 aromatic heterocycles. The lowest BCUT2D eigenvalue weighted by Crippen LogP contribution is -2.03. The second-order valence-corrected chi connectivity index (χ2v) is 5.06. The number of benzene rings is 1. The van der Waals surface area contributed by atoms with Gasteiger partial charge in [0.2, 0.25) is 5.89 Å². The SMILES string of the molecule is Cc1oc(-c2ccc(OC(F)F)c(-c3cccnc3)c2)nc1C(=O)O. The van der Waals surface area contributed by atoms with E-state index in [0.29, 0.717) is 16.7 Å². The Labute approximate surface area is 140 Å². The number of oxazole rings is 1. The van der Waals surface area contributed by atoms with Crippen LogP contribution in [0.4, 0.5) is 8.78 Å². The van der Waals surface area contributed by atoms with Crippen LogP contribution in [0.3, 0.4) is 0 Å². The Hall–Kier alpha value is -3.29. The lowest BCUT2D eigenvalue weighted by Gasteiger charge is -2.11. The van der Waals surface area contributed by atoms with Crippen LogP contribution in [-0.2, 0) is 0 Å². The normalized spacial score (nSPS) is 10.9. The number of ether oxygens (including phenoxy) is 1. The maximum absolute atomic E-state index is 12.7. The highest BCUT2D eigenvalue weighted by atomic mass is 19.3. The van der Waals surface area contributed by atoms with Gasteiger partial charge in [-0.15, -0.1) is 0 Å². The third-order valence-electron chi connectivity index (χ3n) is 3.41. The standard InChI is InChI=1S/C17H12F2N2O4/c1-9-14(16(22)23)21-15(24-9)10-4-5-13(25-17(18)19)12(7-10)11-3-2-6-20-8-11/h2-8,17H,1H3,(H,22,23). The van der Waals surface area contributed by atoms with Gasteiger partial charge in [0.25, 0.3) is 0 Å². The molecule has 6 nitrogen and oxygen atoms in total. The fourth-order valence-electron chi connectivity index (χ4n) is 2.33. The summed E-state index contributed by atoms with van der Waals surface area (Å²) in [5.41, 5.74) is 1.14. The lowest BCUT2D eigenvalue weighted by atomic mass is 10.0. The van der Waals surface area contributed by atoms with Crippen molar-refractivity contribution in [2.45, 2.75) is 13.5 Å². The Bertz CT molecular complexity index is 910. The van der Waals surface area contributed by atoms with Crippen LogP contribution in [0.25, 0.3) is 22.6 Å². The highest BCUT2D eigenvalue weighted by Crippen LogP contribution is 2.35. The first-order valence-electron chi connectivity index (χ1n) is 7.16. The average molecular weight is 346 g/mol. The van der Waals surface area contributed by atoms with Crippen LogP contribution in [-0.4, -0.2) is 27.7 Å². The molecule has 25 heavy (non-hydrogen) atoms. The number of carbonyl (C=O) groups is 1. The second-order valence-electron chi connectivity index (χ2n) is 5.06. The Morgan fingerprint density at radius 1 is 1.28 bits per heavy atom. The summed E-state index contributed by atoms with van der Waals surface area (Å²) in [5, 5.41) is 9.07. The molecule has 3 rings (SSSR count). The van der Waals surface area contributed by atoms with Gasteiger partial charge < -0.3 is 14.3 Å². The minimum absolute atomic E-state index is 0.0338. The number of nitrogens with zero attached hydrogens (tertiary/aromatic N) is 2. The van der Waals surface area contributed by atoms with E-state index in [-0.39, 0.29) is 23.1 Å². The minimum atomic E-state index is -2.98. The molecule has 0 amide bonds. The molecule has 0 aliphatic rings. The first kappa shape index (κ1) is 16.6. The molecule has 0 aliphatic carbocycles. The highest BCUT2D eigenvalue weighted by Gasteiger charge is 2.19. The number of carboxylic acid groups (broad SMARTS) is 1. The molecule has 0 unspecified atom stereocenters. The number of carboxylic acids is 1. The molecule has 8 heteroatoms. The van der Waals surface area contributed by atoms with Crippen LogP contribution in [0.1, 0.15) is 16.2 Å². The first-order valence-corrected chi connectivity index (χ1v) is 7.16. The van der Waals surface area contributed by atoms with Gasteiger partial charge in [0.05, 0.1) is 0 Å². The third-order valence-corrected chi connectivity index (χ3v) is 3.41. The Morgan fingerprint density at radius 2 is 2.08 bits per heavy atom. The Balaban J connectivity index is 2.11. The van der Waals surface area contributed by atoms with Gasteiger partial charge in [-0.3, -0.25) is 4.98 Å². The maximum Gasteiger partial charge on any atom is 0.387 e. The van der Waals surface area contributed by atoms with Crippen molar-refractivity contribution >= 4 is 5.97 Å². The third kappa shape index (κ3) is 3.47. The first-order chi connectivity index (χ1) is 12.0. The fraction of sp³-hybridized carbons (Fsp3) is 0.118. The number of hydrogen-bond acceptors (Lipinski definition) is 5. The monoisotopic (exact) mass is 346 g/mol. The van der Waals surface area contributed by atoms with Crippen LogP contribution < -0.4 is 4.74 Å². The Kier molecular flexibility index (Phi) is 4.42. The summed E-state index contributed by atoms with van der Waals surface area (Å²) < 4.78 is 35.2. The summed E-state index contributed by atoms with van der Waals surface area (Å²) in [6.45, 7) is -1.50. The summed E-state index contributed by atoms with van der Waals surface area (Å²) in [6.07, 6.45) is 3.05. The van der Waals surface area contributed by atoms with Crippen LogP contribution in [0, 0.1) is 6.92 Å². The van der Waals surface area contributed by atoms with E-state index >= 15 is 0 Å². The van der Waals surface area contributed by atoms with E-state index in [0.717, 1.165) is 0 Å². The van der Waals surface area contributed by atoms with Gasteiger partial charge in [0.1, 0.15) is 11.5 Å². The molecular formula is C17H12F2N2O4. The van der Waals surface area contributed by atoms with Gasteiger partial charge in [0.15, 0.2) is 5.69 Å². The van der Waals surface area contributed by atoms with E-state index in [4.69, 9.17) is 9.52 Å². The molecular weight excluding hydrogens is 334 g/mol. The zero-order chi connectivity index (χ0) is 18.0. The summed E-state index contributed by atoms with van der Waals surface area (Å²) >= 11 is 0. The predicted octanol–water partition coefficient (Wildman–Crippen LogP) is 4.01. The van der Waals surface area contributed by atoms with Gasteiger partial charge in [0, 0.05) is 29.1 Å². The van der Waals surface area contributed by atoms with Gasteiger partial charge in [-0.05, 0) is 31.2 Å². The smallest absolute Gasteiger partial charge is 0.387 e. The molecule has 0 atom stereocenters. The fourth-order valence-corrected chi connectivity index (χ4v) is 2.33. The molecule has 0 aliphatic heterocycles. The maximum atomic E-state index is 12.7. The van der Waals surface area contributed by atoms with Gasteiger partial charge in [-0.2, -0.15) is 8.78 Å². The lowest BCUT2D eigenvalue weighted by molar-refractivity contribution is -0.0494. The van der Waals surface area contributed by atoms with Crippen molar-refractivity contribution < 1.29 is 27.8 Å². The van der Waals surface area contributed by atoms with Crippen LogP contribution >= 0.6 is 0 Å². The summed E-state index contributed by atoms with van der Waals surface area (Å²) in [4.78, 5) is 19.0. The van der Waals surface area contributed by atoms with E-state index in [2.05, 4.69) is 14.7 Å². The molecule has 2 heterocycles. The van der Waals surface area contributed by atoms with Crippen LogP contribution in [0.2, 0.25) is 0 Å². The molecule has 0 spiro atoms. The number of pyridine rings is 1. The van der Waals surface area contributed by atoms with Gasteiger partial charge in [-0.25, -0.2) is 9.78 Å². The van der Waals surface area contributed by atoms with E-state index in [9.17, 15) is 13.6 Å². The number of aromatic carboxylic acids is 1. The summed E-state index contributed by atoms with van der Waals surface area (Å²) in [6, 6.07) is 7.70. The molecule has 0 saturated carbocycles. The largest absolute Gasteiger partial charge is 0.476 e. The van der Waals surface area contributed by atoms with Crippen molar-refractivity contribution in [3.05, 3.63) is 54.2 Å². The number of aromatic nitrogens is 2. The summed E-state index contributed by atoms with van der Waals surface area (Å²) in [5.74, 6) is -1.02. The zero-order valence-electron chi connectivity index (χ0n) is 12.9. The number of hydrogen-bond donors (Lipinski definition) is 1. The van der Waals surface area contributed by atoms with Gasteiger partial charge in [-0.1, -0.05) is 6.07 Å². The van der Waals surface area contributed by atoms with Crippen molar-refractivity contribution in [1.82, 2.24) is 9.97 Å². The minimum Gasteiger partial charge on any atom is -0.476 e. The van der Waals surface area contributed by atoms with Crippen molar-refractivity contribution in [2.75, 3.05) is 0 Å². The van der Waals surface area contributed by atoms with Crippen molar-refractivity contribution in [2.24, 2.45) is 0 Å². The van der Waals surface area contributed by atoms with E-state index in [1.807, 2.05) is 0 Å². The number of rotatable bonds is 5. The van der Waals surface area contributed by atoms with Crippen LogP contribution in [0.5, 0.6) is 5.75 Å². The topological polar surface area (TPSA) is 85.5 Å². The molecule has 1 N–H and O–H groups in total. The Morgan fingerprint density at radius 3 is 2.68 bits per heavy atom. The summed E-state index contributed by atoms with van der Waals surface area (Å²) in [7, 11) is 0. The molecule has 0 saturated heterocycles. The van der Waals surface area contributed by atoms with E-state index in [1.165, 1.54) is 31.3 Å². The molecule has 0 fully saturated rings. The van der Waals surface area contributed by atoms with Crippen molar-refractivity contribution in [3.63, 3.8) is 0 Å². The highest BCUT2D eigenvalue weighted by molar-refractivity contribution is 5.87. The van der Waals surface area contributed by atoms with E-state index < -0.39 is 12.6 Å². The molecule has 0 bridgehead atoms. The molecule has 0 radical (unpaired) electrons. The van der Waals surface area contributed by atoms with Crippen LogP contribution in [0.15, 0.2) is 47.1 Å². The van der Waals surface area contributed by atoms with E-state index in [1.54, 1.807) is 18.3 Å². The molecule has 1 aromatic carbocycles. The second kappa shape index (κ2) is 6.68.